The van der Waals surface area contributed by atoms with Crippen molar-refractivity contribution in [1.82, 2.24) is 9.97 Å². The van der Waals surface area contributed by atoms with E-state index >= 15 is 0 Å². The van der Waals surface area contributed by atoms with Crippen LogP contribution in [0.2, 0.25) is 0 Å². The average Bonchev–Trinajstić information content (AvgIpc) is 3.30. The van der Waals surface area contributed by atoms with Gasteiger partial charge in [0.2, 0.25) is 0 Å². The van der Waals surface area contributed by atoms with Gasteiger partial charge in [0.25, 0.3) is 0 Å². The first-order chi connectivity index (χ1) is 16.8. The zero-order valence-corrected chi connectivity index (χ0v) is 21.5. The van der Waals surface area contributed by atoms with E-state index in [-0.39, 0.29) is 20.1 Å². The minimum atomic E-state index is 0. The van der Waals surface area contributed by atoms with Crippen LogP contribution in [0.25, 0.3) is 44.6 Å². The maximum Gasteiger partial charge on any atom is 0.134 e. The fourth-order valence-corrected chi connectivity index (χ4v) is 3.73. The third kappa shape index (κ3) is 5.81. The molecule has 6 rings (SSSR count). The van der Waals surface area contributed by atoms with E-state index in [1.165, 1.54) is 5.56 Å². The number of nitrogens with zero attached hydrogens (tertiary/aromatic N) is 2. The van der Waals surface area contributed by atoms with Crippen LogP contribution in [0, 0.1) is 19.1 Å². The topological polar surface area (TPSA) is 38.9 Å². The summed E-state index contributed by atoms with van der Waals surface area (Å²) in [7, 11) is 0. The van der Waals surface area contributed by atoms with Gasteiger partial charge in [0.05, 0.1) is 6.26 Å². The number of rotatable bonds is 3. The van der Waals surface area contributed by atoms with Crippen molar-refractivity contribution in [2.24, 2.45) is 0 Å². The van der Waals surface area contributed by atoms with E-state index < -0.39 is 0 Å². The monoisotopic (exact) mass is 631 g/mol. The van der Waals surface area contributed by atoms with Crippen LogP contribution < -0.4 is 0 Å². The number of fused-ring (bicyclic) bond motifs is 1. The summed E-state index contributed by atoms with van der Waals surface area (Å²) in [5, 5.41) is 1.16. The molecule has 0 aliphatic rings. The summed E-state index contributed by atoms with van der Waals surface area (Å²) in [6.45, 7) is 2.06. The fraction of sp³-hybridized carbons (Fsp3) is 0.0323. The number of benzene rings is 3. The fourth-order valence-electron chi connectivity index (χ4n) is 3.73. The molecular formula is C31H22IrN2O-2. The van der Waals surface area contributed by atoms with E-state index in [1.807, 2.05) is 72.8 Å². The van der Waals surface area contributed by atoms with Gasteiger partial charge in [-0.2, -0.15) is 0 Å². The van der Waals surface area contributed by atoms with E-state index in [4.69, 9.17) is 4.42 Å². The first kappa shape index (κ1) is 24.3. The van der Waals surface area contributed by atoms with Gasteiger partial charge in [0.15, 0.2) is 0 Å². The third-order valence-corrected chi connectivity index (χ3v) is 5.49. The van der Waals surface area contributed by atoms with Crippen molar-refractivity contribution in [2.45, 2.75) is 6.92 Å². The molecule has 0 aliphatic heterocycles. The Morgan fingerprint density at radius 1 is 0.657 bits per heavy atom. The van der Waals surface area contributed by atoms with Crippen molar-refractivity contribution in [1.29, 1.82) is 0 Å². The standard InChI is InChI=1S/C20H14NO.C11H8N.Ir/c1-14-13-22-20-9-8-16(12-18(14)20)15-5-4-6-17(11-15)19-7-2-3-10-21-19;1-2-6-10(7-3-1)11-8-4-5-9-12-11;/h2-5,7-13H,1H3;1-6,8-9H;/q2*-1;. The molecular weight excluding hydrogens is 609 g/mol. The molecule has 0 fully saturated rings. The Hall–Kier alpha value is -3.85. The van der Waals surface area contributed by atoms with Crippen molar-refractivity contribution in [3.05, 3.63) is 133 Å². The van der Waals surface area contributed by atoms with E-state index in [9.17, 15) is 0 Å². The van der Waals surface area contributed by atoms with E-state index in [2.05, 4.69) is 53.3 Å². The number of furan rings is 1. The van der Waals surface area contributed by atoms with Crippen molar-refractivity contribution >= 4 is 11.0 Å². The summed E-state index contributed by atoms with van der Waals surface area (Å²) in [6.07, 6.45) is 5.39. The quantitative estimate of drug-likeness (QED) is 0.187. The predicted molar refractivity (Wildman–Crippen MR) is 137 cm³/mol. The van der Waals surface area contributed by atoms with Crippen LogP contribution in [-0.2, 0) is 20.1 Å². The number of hydrogen-bond donors (Lipinski definition) is 0. The summed E-state index contributed by atoms with van der Waals surface area (Å²) >= 11 is 0. The minimum Gasteiger partial charge on any atom is -0.464 e. The summed E-state index contributed by atoms with van der Waals surface area (Å²) in [5.74, 6) is 0. The van der Waals surface area contributed by atoms with Crippen LogP contribution in [0.5, 0.6) is 0 Å². The Bertz CT molecular complexity index is 1460. The van der Waals surface area contributed by atoms with Gasteiger partial charge in [-0.05, 0) is 53.7 Å². The van der Waals surface area contributed by atoms with Crippen LogP contribution in [0.3, 0.4) is 0 Å². The molecule has 0 N–H and O–H groups in total. The van der Waals surface area contributed by atoms with Crippen molar-refractivity contribution in [2.75, 3.05) is 0 Å². The van der Waals surface area contributed by atoms with Gasteiger partial charge in [-0.1, -0.05) is 30.3 Å². The molecule has 4 heteroatoms. The van der Waals surface area contributed by atoms with Crippen LogP contribution in [-0.4, -0.2) is 9.97 Å². The molecule has 35 heavy (non-hydrogen) atoms. The second kappa shape index (κ2) is 11.5. The zero-order valence-electron chi connectivity index (χ0n) is 19.1. The predicted octanol–water partition coefficient (Wildman–Crippen LogP) is 7.82. The summed E-state index contributed by atoms with van der Waals surface area (Å²) in [4.78, 5) is 8.61. The van der Waals surface area contributed by atoms with E-state index in [0.717, 1.165) is 44.6 Å². The average molecular weight is 631 g/mol. The molecule has 3 nitrogen and oxygen atoms in total. The second-order valence-corrected chi connectivity index (χ2v) is 7.83. The Labute approximate surface area is 218 Å². The van der Waals surface area contributed by atoms with E-state index in [1.54, 1.807) is 18.7 Å². The first-order valence-electron chi connectivity index (χ1n) is 11.1. The molecule has 0 saturated carbocycles. The molecule has 0 saturated heterocycles. The van der Waals surface area contributed by atoms with Gasteiger partial charge in [0, 0.05) is 37.9 Å². The van der Waals surface area contributed by atoms with Crippen molar-refractivity contribution in [3.63, 3.8) is 0 Å². The number of pyridine rings is 2. The summed E-state index contributed by atoms with van der Waals surface area (Å²) in [6, 6.07) is 38.4. The van der Waals surface area contributed by atoms with Gasteiger partial charge in [-0.3, -0.25) is 0 Å². The second-order valence-electron chi connectivity index (χ2n) is 7.83. The normalized spacial score (nSPS) is 10.2. The van der Waals surface area contributed by atoms with Gasteiger partial charge in [-0.15, -0.1) is 71.3 Å². The van der Waals surface area contributed by atoms with Gasteiger partial charge >= 0.3 is 0 Å². The van der Waals surface area contributed by atoms with Crippen LogP contribution in [0.15, 0.2) is 120 Å². The number of aryl methyl sites for hydroxylation is 1. The molecule has 173 valence electrons. The van der Waals surface area contributed by atoms with E-state index in [0.29, 0.717) is 0 Å². The molecule has 1 radical (unpaired) electrons. The maximum atomic E-state index is 5.52. The Morgan fingerprint density at radius 2 is 1.34 bits per heavy atom. The molecule has 0 bridgehead atoms. The zero-order chi connectivity index (χ0) is 23.2. The molecule has 6 aromatic rings. The molecule has 0 atom stereocenters. The molecule has 3 heterocycles. The van der Waals surface area contributed by atoms with Crippen LogP contribution >= 0.6 is 0 Å². The molecule has 3 aromatic carbocycles. The SMILES string of the molecule is Cc1coc2ccc(-c3cc[c-]c(-c4ccccn4)c3)cc12.[Ir].[c-]1ccccc1-c1ccccn1. The number of aromatic nitrogens is 2. The number of hydrogen-bond acceptors (Lipinski definition) is 3. The van der Waals surface area contributed by atoms with Crippen LogP contribution in [0.1, 0.15) is 5.56 Å². The third-order valence-electron chi connectivity index (χ3n) is 5.49. The van der Waals surface area contributed by atoms with Gasteiger partial charge < -0.3 is 14.4 Å². The molecule has 0 aliphatic carbocycles. The van der Waals surface area contributed by atoms with Crippen molar-refractivity contribution < 1.29 is 24.5 Å². The van der Waals surface area contributed by atoms with Crippen LogP contribution in [0.4, 0.5) is 0 Å². The summed E-state index contributed by atoms with van der Waals surface area (Å²) < 4.78 is 5.52. The first-order valence-corrected chi connectivity index (χ1v) is 11.1. The molecule has 0 spiro atoms. The Balaban J connectivity index is 0.000000189. The maximum absolute atomic E-state index is 5.52. The Kier molecular flexibility index (Phi) is 7.99. The molecule has 0 amide bonds. The van der Waals surface area contributed by atoms with Gasteiger partial charge in [0.1, 0.15) is 5.58 Å². The largest absolute Gasteiger partial charge is 0.464 e. The molecule has 3 aromatic heterocycles. The summed E-state index contributed by atoms with van der Waals surface area (Å²) in [5.41, 5.74) is 8.35. The van der Waals surface area contributed by atoms with Crippen molar-refractivity contribution in [3.8, 4) is 33.6 Å². The smallest absolute Gasteiger partial charge is 0.134 e. The van der Waals surface area contributed by atoms with Gasteiger partial charge in [-0.25, -0.2) is 0 Å². The Morgan fingerprint density at radius 3 is 2.03 bits per heavy atom. The minimum absolute atomic E-state index is 0. The molecule has 0 unspecified atom stereocenters.